The summed E-state index contributed by atoms with van der Waals surface area (Å²) in [5, 5.41) is 3.97. The third-order valence-electron chi connectivity index (χ3n) is 5.75. The molecule has 2 aromatic heterocycles. The smallest absolute Gasteiger partial charge is 0.259 e. The van der Waals surface area contributed by atoms with Crippen LogP contribution in [0.15, 0.2) is 40.7 Å². The van der Waals surface area contributed by atoms with Gasteiger partial charge < -0.3 is 15.0 Å². The highest BCUT2D eigenvalue weighted by Gasteiger charge is 2.15. The number of aromatic amines is 1. The molecule has 1 unspecified atom stereocenters. The zero-order valence-corrected chi connectivity index (χ0v) is 20.8. The van der Waals surface area contributed by atoms with Crippen LogP contribution in [0.5, 0.6) is 5.75 Å². The van der Waals surface area contributed by atoms with Gasteiger partial charge in [0, 0.05) is 11.1 Å². The number of thioether (sulfide) groups is 1. The molecule has 7 heteroatoms. The van der Waals surface area contributed by atoms with Crippen molar-refractivity contribution >= 4 is 28.7 Å². The number of benzene rings is 1. The molecule has 4 rings (SSSR count). The highest BCUT2D eigenvalue weighted by molar-refractivity contribution is 7.98. The van der Waals surface area contributed by atoms with E-state index in [1.165, 1.54) is 12.8 Å². The van der Waals surface area contributed by atoms with Crippen LogP contribution < -0.4 is 15.6 Å². The van der Waals surface area contributed by atoms with Crippen molar-refractivity contribution in [2.75, 3.05) is 26.0 Å². The standard InChI is InChI=1S/C24H28N4O2S.C2H6/c1-4-17-11-20(26-14-21(17)31-3)23-27-22-15(2)10-18(12-19(22)24(29)28-23)30-9-7-16-6-5-8-25-13-16;1-2/h4,10-12,14,16,25H,1,5-9,13H2,2-3H3,(H,27,28,29);1-2H3. The topological polar surface area (TPSA) is 79.9 Å². The molecule has 33 heavy (non-hydrogen) atoms. The Morgan fingerprint density at radius 1 is 1.30 bits per heavy atom. The molecule has 1 saturated heterocycles. The molecule has 1 aromatic carbocycles. The Morgan fingerprint density at radius 2 is 2.12 bits per heavy atom. The van der Waals surface area contributed by atoms with Crippen LogP contribution in [0.25, 0.3) is 28.5 Å². The lowest BCUT2D eigenvalue weighted by atomic mass is 9.97. The second kappa shape index (κ2) is 12.0. The SMILES string of the molecule is C=Cc1cc(-c2nc3c(C)cc(OCCC4CCCNC4)cc3c(=O)[nH]2)ncc1SC.CC. The van der Waals surface area contributed by atoms with Crippen LogP contribution in [0.1, 0.15) is 44.2 Å². The molecule has 3 aromatic rings. The molecule has 0 spiro atoms. The van der Waals surface area contributed by atoms with E-state index in [1.54, 1.807) is 30.1 Å². The molecular weight excluding hydrogens is 432 g/mol. The van der Waals surface area contributed by atoms with Crippen molar-refractivity contribution in [1.82, 2.24) is 20.3 Å². The monoisotopic (exact) mass is 466 g/mol. The van der Waals surface area contributed by atoms with Gasteiger partial charge in [-0.3, -0.25) is 9.78 Å². The normalized spacial score (nSPS) is 15.6. The first-order valence-electron chi connectivity index (χ1n) is 11.6. The molecule has 176 valence electrons. The molecule has 0 radical (unpaired) electrons. The quantitative estimate of drug-likeness (QED) is 0.451. The molecule has 0 aliphatic carbocycles. The summed E-state index contributed by atoms with van der Waals surface area (Å²) >= 11 is 1.61. The Hall–Kier alpha value is -2.64. The van der Waals surface area contributed by atoms with E-state index in [2.05, 4.69) is 21.9 Å². The van der Waals surface area contributed by atoms with Crippen LogP contribution in [-0.2, 0) is 0 Å². The lowest BCUT2D eigenvalue weighted by Gasteiger charge is -2.22. The van der Waals surface area contributed by atoms with Gasteiger partial charge in [-0.1, -0.05) is 26.5 Å². The van der Waals surface area contributed by atoms with E-state index >= 15 is 0 Å². The van der Waals surface area contributed by atoms with Crippen molar-refractivity contribution in [2.45, 2.75) is 44.9 Å². The first-order valence-corrected chi connectivity index (χ1v) is 12.9. The Labute approximate surface area is 200 Å². The van der Waals surface area contributed by atoms with Gasteiger partial charge >= 0.3 is 0 Å². The summed E-state index contributed by atoms with van der Waals surface area (Å²) in [6.07, 6.45) is 9.06. The van der Waals surface area contributed by atoms with Gasteiger partial charge in [0.05, 0.1) is 17.5 Å². The van der Waals surface area contributed by atoms with E-state index in [0.717, 1.165) is 35.5 Å². The van der Waals surface area contributed by atoms with Crippen LogP contribution in [0, 0.1) is 12.8 Å². The van der Waals surface area contributed by atoms with Crippen molar-refractivity contribution < 1.29 is 4.74 Å². The van der Waals surface area contributed by atoms with Gasteiger partial charge in [0.15, 0.2) is 5.82 Å². The molecule has 0 saturated carbocycles. The fourth-order valence-corrected chi connectivity index (χ4v) is 4.56. The Morgan fingerprint density at radius 3 is 2.82 bits per heavy atom. The fourth-order valence-electron chi connectivity index (χ4n) is 4.02. The molecule has 6 nitrogen and oxygen atoms in total. The number of pyridine rings is 1. The third kappa shape index (κ3) is 6.03. The van der Waals surface area contributed by atoms with Gasteiger partial charge in [-0.2, -0.15) is 0 Å². The number of piperidine rings is 1. The lowest BCUT2D eigenvalue weighted by Crippen LogP contribution is -2.30. The fraction of sp³-hybridized carbons (Fsp3) is 0.423. The number of H-pyrrole nitrogens is 1. The van der Waals surface area contributed by atoms with Gasteiger partial charge in [0.25, 0.3) is 5.56 Å². The lowest BCUT2D eigenvalue weighted by molar-refractivity contribution is 0.254. The minimum atomic E-state index is -0.194. The summed E-state index contributed by atoms with van der Waals surface area (Å²) < 4.78 is 5.99. The van der Waals surface area contributed by atoms with Gasteiger partial charge in [-0.05, 0) is 80.8 Å². The summed E-state index contributed by atoms with van der Waals surface area (Å²) in [6, 6.07) is 5.64. The van der Waals surface area contributed by atoms with Crippen molar-refractivity contribution in [1.29, 1.82) is 0 Å². The minimum absolute atomic E-state index is 0.194. The van der Waals surface area contributed by atoms with Gasteiger partial charge in [0.1, 0.15) is 11.4 Å². The molecular formula is C26H34N4O2S. The van der Waals surface area contributed by atoms with E-state index < -0.39 is 0 Å². The van der Waals surface area contributed by atoms with Crippen molar-refractivity contribution in [3.05, 3.63) is 52.5 Å². The maximum absolute atomic E-state index is 12.9. The Balaban J connectivity index is 0.00000149. The number of ether oxygens (including phenoxy) is 1. The van der Waals surface area contributed by atoms with Gasteiger partial charge in [-0.15, -0.1) is 11.8 Å². The number of nitrogens with zero attached hydrogens (tertiary/aromatic N) is 2. The summed E-state index contributed by atoms with van der Waals surface area (Å²) in [6.45, 7) is 12.7. The summed E-state index contributed by atoms with van der Waals surface area (Å²) in [4.78, 5) is 26.0. The first kappa shape index (κ1) is 25.0. The number of aryl methyl sites for hydroxylation is 1. The molecule has 0 amide bonds. The van der Waals surface area contributed by atoms with Crippen molar-refractivity contribution in [2.24, 2.45) is 5.92 Å². The van der Waals surface area contributed by atoms with Crippen LogP contribution in [0.2, 0.25) is 0 Å². The summed E-state index contributed by atoms with van der Waals surface area (Å²) in [5.41, 5.74) is 2.96. The van der Waals surface area contributed by atoms with Crippen molar-refractivity contribution in [3.8, 4) is 17.3 Å². The van der Waals surface area contributed by atoms with Crippen LogP contribution in [0.3, 0.4) is 0 Å². The average Bonchev–Trinajstić information content (AvgIpc) is 2.86. The summed E-state index contributed by atoms with van der Waals surface area (Å²) in [7, 11) is 0. The predicted octanol–water partition coefficient (Wildman–Crippen LogP) is 5.45. The minimum Gasteiger partial charge on any atom is -0.494 e. The van der Waals surface area contributed by atoms with Crippen LogP contribution >= 0.6 is 11.8 Å². The van der Waals surface area contributed by atoms with Crippen LogP contribution in [-0.4, -0.2) is 40.9 Å². The van der Waals surface area contributed by atoms with E-state index in [-0.39, 0.29) is 5.56 Å². The number of nitrogens with one attached hydrogen (secondary N) is 2. The first-order chi connectivity index (χ1) is 16.1. The van der Waals surface area contributed by atoms with E-state index in [4.69, 9.17) is 9.72 Å². The zero-order chi connectivity index (χ0) is 23.8. The molecule has 3 heterocycles. The maximum atomic E-state index is 12.9. The molecule has 2 N–H and O–H groups in total. The number of hydrogen-bond acceptors (Lipinski definition) is 6. The molecule has 1 aliphatic rings. The average molecular weight is 467 g/mol. The van der Waals surface area contributed by atoms with Gasteiger partial charge in [0.2, 0.25) is 0 Å². The maximum Gasteiger partial charge on any atom is 0.259 e. The number of aromatic nitrogens is 3. The summed E-state index contributed by atoms with van der Waals surface area (Å²) in [5.74, 6) is 1.83. The molecule has 1 atom stereocenters. The van der Waals surface area contributed by atoms with Crippen LogP contribution in [0.4, 0.5) is 0 Å². The Kier molecular flexibility index (Phi) is 9.09. The van der Waals surface area contributed by atoms with Crippen molar-refractivity contribution in [3.63, 3.8) is 0 Å². The highest BCUT2D eigenvalue weighted by Crippen LogP contribution is 2.26. The zero-order valence-electron chi connectivity index (χ0n) is 20.0. The molecule has 1 fully saturated rings. The second-order valence-electron chi connectivity index (χ2n) is 7.92. The van der Waals surface area contributed by atoms with Gasteiger partial charge in [-0.25, -0.2) is 4.98 Å². The number of fused-ring (bicyclic) bond motifs is 1. The number of hydrogen-bond donors (Lipinski definition) is 2. The largest absolute Gasteiger partial charge is 0.494 e. The molecule has 1 aliphatic heterocycles. The predicted molar refractivity (Wildman–Crippen MR) is 139 cm³/mol. The van der Waals surface area contributed by atoms with E-state index in [0.29, 0.717) is 40.7 Å². The third-order valence-corrected chi connectivity index (χ3v) is 6.53. The molecule has 0 bridgehead atoms. The number of rotatable bonds is 7. The van der Waals surface area contributed by atoms with E-state index in [9.17, 15) is 4.79 Å². The highest BCUT2D eigenvalue weighted by atomic mass is 32.2. The second-order valence-corrected chi connectivity index (χ2v) is 8.76. The Bertz CT molecular complexity index is 1150. The van der Waals surface area contributed by atoms with E-state index in [1.807, 2.05) is 39.2 Å².